The van der Waals surface area contributed by atoms with Crippen molar-refractivity contribution in [1.82, 2.24) is 4.57 Å². The Morgan fingerprint density at radius 2 is 1.60 bits per heavy atom. The average Bonchev–Trinajstić information content (AvgIpc) is 3.07. The van der Waals surface area contributed by atoms with Crippen LogP contribution in [-0.2, 0) is 7.05 Å². The summed E-state index contributed by atoms with van der Waals surface area (Å²) >= 11 is 4.94. The van der Waals surface area contributed by atoms with Crippen LogP contribution in [0.2, 0.25) is 0 Å². The van der Waals surface area contributed by atoms with E-state index in [0.717, 1.165) is 26.2 Å². The molecule has 4 rings (SSSR count). The molecule has 3 aromatic carbocycles. The van der Waals surface area contributed by atoms with Gasteiger partial charge in [-0.05, 0) is 66.4 Å². The lowest BCUT2D eigenvalue weighted by Crippen LogP contribution is -2.14. The minimum absolute atomic E-state index is 0.245. The minimum atomic E-state index is -0.245. The first-order chi connectivity index (χ1) is 14.4. The molecule has 0 spiro atoms. The van der Waals surface area contributed by atoms with Gasteiger partial charge in [-0.15, -0.1) is 0 Å². The standard InChI is InChI=1S/C25H21BrN2OS/c1-16-9-10-20(15-17(16)2)22-23(18-7-5-4-6-8-18)30-25(28(22)3)27-24(29)19-11-13-21(26)14-12-19/h4-15H,1-3H3. The highest BCUT2D eigenvalue weighted by Gasteiger charge is 2.16. The molecule has 0 radical (unpaired) electrons. The Hall–Kier alpha value is -2.76. The van der Waals surface area contributed by atoms with Crippen molar-refractivity contribution < 1.29 is 4.79 Å². The number of carbonyl (C=O) groups excluding carboxylic acids is 1. The van der Waals surface area contributed by atoms with Crippen molar-refractivity contribution in [2.75, 3.05) is 0 Å². The number of aromatic nitrogens is 1. The van der Waals surface area contributed by atoms with Crippen LogP contribution in [0, 0.1) is 13.8 Å². The lowest BCUT2D eigenvalue weighted by molar-refractivity contribution is 0.0998. The maximum absolute atomic E-state index is 12.8. The van der Waals surface area contributed by atoms with Crippen LogP contribution in [0.5, 0.6) is 0 Å². The number of carbonyl (C=O) groups is 1. The van der Waals surface area contributed by atoms with Gasteiger partial charge in [-0.2, -0.15) is 4.99 Å². The second-order valence-electron chi connectivity index (χ2n) is 7.21. The molecule has 4 aromatic rings. The van der Waals surface area contributed by atoms with E-state index in [1.54, 1.807) is 12.1 Å². The number of amides is 1. The molecule has 0 atom stereocenters. The van der Waals surface area contributed by atoms with Gasteiger partial charge in [0.2, 0.25) is 0 Å². The molecule has 5 heteroatoms. The number of rotatable bonds is 3. The molecule has 0 unspecified atom stereocenters. The SMILES string of the molecule is Cc1ccc(-c2c(-c3ccccc3)sc(=NC(=O)c3ccc(Br)cc3)n2C)cc1C. The summed E-state index contributed by atoms with van der Waals surface area (Å²) < 4.78 is 2.96. The summed E-state index contributed by atoms with van der Waals surface area (Å²) in [7, 11) is 1.97. The summed E-state index contributed by atoms with van der Waals surface area (Å²) in [6, 6.07) is 24.0. The van der Waals surface area contributed by atoms with Crippen LogP contribution in [0.25, 0.3) is 21.7 Å². The van der Waals surface area contributed by atoms with E-state index in [9.17, 15) is 4.79 Å². The Kier molecular flexibility index (Phi) is 5.84. The first kappa shape index (κ1) is 20.5. The van der Waals surface area contributed by atoms with Gasteiger partial charge in [0.25, 0.3) is 5.91 Å². The molecule has 0 aliphatic carbocycles. The topological polar surface area (TPSA) is 34.4 Å². The Morgan fingerprint density at radius 1 is 0.900 bits per heavy atom. The quantitative estimate of drug-likeness (QED) is 0.330. The third kappa shape index (κ3) is 4.09. The van der Waals surface area contributed by atoms with E-state index in [-0.39, 0.29) is 5.91 Å². The van der Waals surface area contributed by atoms with Gasteiger partial charge in [0.1, 0.15) is 0 Å². The van der Waals surface area contributed by atoms with Gasteiger partial charge in [0.15, 0.2) is 4.80 Å². The molecule has 1 amide bonds. The third-order valence-electron chi connectivity index (χ3n) is 5.14. The molecule has 0 saturated heterocycles. The van der Waals surface area contributed by atoms with Crippen LogP contribution in [0.3, 0.4) is 0 Å². The monoisotopic (exact) mass is 476 g/mol. The summed E-state index contributed by atoms with van der Waals surface area (Å²) in [5.74, 6) is -0.245. The normalized spacial score (nSPS) is 11.7. The summed E-state index contributed by atoms with van der Waals surface area (Å²) in [4.78, 5) is 19.0. The molecule has 3 nitrogen and oxygen atoms in total. The van der Waals surface area contributed by atoms with Crippen LogP contribution >= 0.6 is 27.3 Å². The molecule has 1 aromatic heterocycles. The van der Waals surface area contributed by atoms with Gasteiger partial charge >= 0.3 is 0 Å². The number of benzene rings is 3. The number of nitrogens with zero attached hydrogens (tertiary/aromatic N) is 2. The maximum atomic E-state index is 12.8. The number of halogens is 1. The zero-order chi connectivity index (χ0) is 21.3. The number of hydrogen-bond donors (Lipinski definition) is 0. The van der Waals surface area contributed by atoms with Gasteiger partial charge < -0.3 is 4.57 Å². The highest BCUT2D eigenvalue weighted by molar-refractivity contribution is 9.10. The first-order valence-corrected chi connectivity index (χ1v) is 11.2. The van der Waals surface area contributed by atoms with Gasteiger partial charge in [-0.25, -0.2) is 0 Å². The van der Waals surface area contributed by atoms with Crippen LogP contribution < -0.4 is 4.80 Å². The number of aryl methyl sites for hydroxylation is 2. The van der Waals surface area contributed by atoms with E-state index < -0.39 is 0 Å². The van der Waals surface area contributed by atoms with E-state index in [4.69, 9.17) is 0 Å². The fourth-order valence-corrected chi connectivity index (χ4v) is 4.71. The summed E-state index contributed by atoms with van der Waals surface area (Å²) in [5.41, 5.74) is 6.37. The molecular weight excluding hydrogens is 456 g/mol. The summed E-state index contributed by atoms with van der Waals surface area (Å²) in [6.45, 7) is 4.23. The molecule has 30 heavy (non-hydrogen) atoms. The fraction of sp³-hybridized carbons (Fsp3) is 0.120. The second-order valence-corrected chi connectivity index (χ2v) is 9.10. The van der Waals surface area contributed by atoms with Crippen LogP contribution in [0.1, 0.15) is 21.5 Å². The van der Waals surface area contributed by atoms with Crippen molar-refractivity contribution in [3.05, 3.63) is 98.8 Å². The predicted molar refractivity (Wildman–Crippen MR) is 128 cm³/mol. The first-order valence-electron chi connectivity index (χ1n) is 9.61. The molecule has 150 valence electrons. The van der Waals surface area contributed by atoms with Crippen molar-refractivity contribution in [2.24, 2.45) is 12.0 Å². The average molecular weight is 477 g/mol. The van der Waals surface area contributed by atoms with Crippen LogP contribution in [0.4, 0.5) is 0 Å². The maximum Gasteiger partial charge on any atom is 0.279 e. The van der Waals surface area contributed by atoms with Gasteiger partial charge in [-0.1, -0.05) is 69.7 Å². The second kappa shape index (κ2) is 8.54. The predicted octanol–water partition coefficient (Wildman–Crippen LogP) is 6.54. The van der Waals surface area contributed by atoms with Crippen molar-refractivity contribution >= 4 is 33.2 Å². The van der Waals surface area contributed by atoms with Crippen molar-refractivity contribution in [2.45, 2.75) is 13.8 Å². The third-order valence-corrected chi connectivity index (χ3v) is 6.85. The molecule has 0 saturated carbocycles. The molecular formula is C25H21BrN2OS. The Labute approximate surface area is 188 Å². The number of thiazole rings is 1. The van der Waals surface area contributed by atoms with Crippen molar-refractivity contribution in [3.63, 3.8) is 0 Å². The van der Waals surface area contributed by atoms with Crippen LogP contribution in [-0.4, -0.2) is 10.5 Å². The molecule has 0 bridgehead atoms. The van der Waals surface area contributed by atoms with Gasteiger partial charge in [0.05, 0.1) is 10.6 Å². The lowest BCUT2D eigenvalue weighted by Gasteiger charge is -2.09. The fourth-order valence-electron chi connectivity index (χ4n) is 3.30. The zero-order valence-electron chi connectivity index (χ0n) is 17.0. The number of hydrogen-bond acceptors (Lipinski definition) is 2. The lowest BCUT2D eigenvalue weighted by atomic mass is 10.0. The summed E-state index contributed by atoms with van der Waals surface area (Å²) in [6.07, 6.45) is 0. The van der Waals surface area contributed by atoms with Crippen molar-refractivity contribution in [1.29, 1.82) is 0 Å². The van der Waals surface area contributed by atoms with Crippen LogP contribution in [0.15, 0.2) is 82.3 Å². The molecule has 0 aliphatic heterocycles. The largest absolute Gasteiger partial charge is 0.319 e. The molecule has 1 heterocycles. The van der Waals surface area contributed by atoms with E-state index in [0.29, 0.717) is 10.4 Å². The highest BCUT2D eigenvalue weighted by Crippen LogP contribution is 2.35. The minimum Gasteiger partial charge on any atom is -0.319 e. The van der Waals surface area contributed by atoms with E-state index >= 15 is 0 Å². The smallest absolute Gasteiger partial charge is 0.279 e. The van der Waals surface area contributed by atoms with Crippen molar-refractivity contribution in [3.8, 4) is 21.7 Å². The Bertz CT molecular complexity index is 1290. The zero-order valence-corrected chi connectivity index (χ0v) is 19.4. The van der Waals surface area contributed by atoms with E-state index in [1.807, 2.05) is 41.9 Å². The summed E-state index contributed by atoms with van der Waals surface area (Å²) in [5, 5.41) is 0. The molecule has 0 fully saturated rings. The molecule has 0 N–H and O–H groups in total. The van der Waals surface area contributed by atoms with Gasteiger partial charge in [-0.3, -0.25) is 4.79 Å². The highest BCUT2D eigenvalue weighted by atomic mass is 79.9. The Morgan fingerprint density at radius 3 is 2.27 bits per heavy atom. The van der Waals surface area contributed by atoms with E-state index in [1.165, 1.54) is 22.5 Å². The van der Waals surface area contributed by atoms with Gasteiger partial charge in [0, 0.05) is 17.1 Å². The van der Waals surface area contributed by atoms with E-state index in [2.05, 4.69) is 65.1 Å². The Balaban J connectivity index is 1.91. The molecule has 0 aliphatic rings.